The highest BCUT2D eigenvalue weighted by Crippen LogP contribution is 2.40. The first-order valence-corrected chi connectivity index (χ1v) is 9.09. The van der Waals surface area contributed by atoms with E-state index in [2.05, 4.69) is 0 Å². The molecule has 2 rings (SSSR count). The van der Waals surface area contributed by atoms with Crippen molar-refractivity contribution in [1.29, 1.82) is 0 Å². The smallest absolute Gasteiger partial charge is 0.227 e. The van der Waals surface area contributed by atoms with Crippen LogP contribution in [0, 0.1) is 11.8 Å². The van der Waals surface area contributed by atoms with E-state index in [1.54, 1.807) is 31.1 Å². The summed E-state index contributed by atoms with van der Waals surface area (Å²) in [4.78, 5) is 29.0. The van der Waals surface area contributed by atoms with E-state index in [0.29, 0.717) is 31.1 Å². The molecule has 0 saturated carbocycles. The van der Waals surface area contributed by atoms with Gasteiger partial charge in [0.25, 0.3) is 0 Å². The van der Waals surface area contributed by atoms with E-state index in [-0.39, 0.29) is 29.6 Å². The molecule has 0 bridgehead atoms. The standard InChI is InChI=1S/C20H30N2O4/c1-7-21(4)20(24)17-12-22(19(23)13(2)3)11-16(17)15-10-14(25-5)8-9-18(15)26-6/h8-10,13,16-17H,7,11-12H2,1-6H3. The molecule has 6 heteroatoms. The van der Waals surface area contributed by atoms with Crippen LogP contribution in [-0.2, 0) is 9.59 Å². The van der Waals surface area contributed by atoms with Gasteiger partial charge in [0, 0.05) is 44.1 Å². The lowest BCUT2D eigenvalue weighted by molar-refractivity contribution is -0.135. The number of nitrogens with zero attached hydrogens (tertiary/aromatic N) is 2. The zero-order valence-electron chi connectivity index (χ0n) is 16.6. The van der Waals surface area contributed by atoms with Crippen LogP contribution in [0.2, 0.25) is 0 Å². The highest BCUT2D eigenvalue weighted by Gasteiger charge is 2.42. The molecule has 2 atom stereocenters. The maximum atomic E-state index is 13.0. The van der Waals surface area contributed by atoms with Gasteiger partial charge in [0.05, 0.1) is 20.1 Å². The lowest BCUT2D eigenvalue weighted by atomic mass is 9.87. The Bertz CT molecular complexity index is 659. The quantitative estimate of drug-likeness (QED) is 0.780. The minimum atomic E-state index is -0.288. The van der Waals surface area contributed by atoms with Gasteiger partial charge >= 0.3 is 0 Å². The topological polar surface area (TPSA) is 59.1 Å². The van der Waals surface area contributed by atoms with Crippen molar-refractivity contribution in [3.8, 4) is 11.5 Å². The van der Waals surface area contributed by atoms with Crippen molar-refractivity contribution >= 4 is 11.8 Å². The number of carbonyl (C=O) groups excluding carboxylic acids is 2. The number of ether oxygens (including phenoxy) is 2. The van der Waals surface area contributed by atoms with Crippen LogP contribution < -0.4 is 9.47 Å². The van der Waals surface area contributed by atoms with E-state index in [1.165, 1.54) is 0 Å². The Morgan fingerprint density at radius 1 is 1.23 bits per heavy atom. The van der Waals surface area contributed by atoms with Crippen LogP contribution in [0.3, 0.4) is 0 Å². The first-order chi connectivity index (χ1) is 12.3. The van der Waals surface area contributed by atoms with Gasteiger partial charge in [-0.15, -0.1) is 0 Å². The Hall–Kier alpha value is -2.24. The highest BCUT2D eigenvalue weighted by molar-refractivity contribution is 5.84. The van der Waals surface area contributed by atoms with Crippen molar-refractivity contribution in [2.45, 2.75) is 26.7 Å². The first kappa shape index (κ1) is 20.1. The van der Waals surface area contributed by atoms with E-state index in [0.717, 1.165) is 5.56 Å². The van der Waals surface area contributed by atoms with Gasteiger partial charge in [-0.05, 0) is 25.1 Å². The molecule has 0 aliphatic carbocycles. The normalized spacial score (nSPS) is 19.6. The highest BCUT2D eigenvalue weighted by atomic mass is 16.5. The number of hydrogen-bond donors (Lipinski definition) is 0. The average molecular weight is 362 g/mol. The molecule has 2 unspecified atom stereocenters. The van der Waals surface area contributed by atoms with Crippen LogP contribution in [0.1, 0.15) is 32.3 Å². The third-order valence-corrected chi connectivity index (χ3v) is 5.13. The van der Waals surface area contributed by atoms with Crippen LogP contribution in [0.15, 0.2) is 18.2 Å². The fourth-order valence-corrected chi connectivity index (χ4v) is 3.48. The summed E-state index contributed by atoms with van der Waals surface area (Å²) < 4.78 is 10.9. The molecule has 1 aromatic carbocycles. The third kappa shape index (κ3) is 3.94. The van der Waals surface area contributed by atoms with Crippen LogP contribution >= 0.6 is 0 Å². The van der Waals surface area contributed by atoms with Crippen molar-refractivity contribution in [1.82, 2.24) is 9.80 Å². The van der Waals surface area contributed by atoms with E-state index >= 15 is 0 Å². The Balaban J connectivity index is 2.44. The predicted octanol–water partition coefficient (Wildman–Crippen LogP) is 2.38. The number of benzene rings is 1. The largest absolute Gasteiger partial charge is 0.497 e. The molecule has 2 amide bonds. The summed E-state index contributed by atoms with van der Waals surface area (Å²) >= 11 is 0. The van der Waals surface area contributed by atoms with Gasteiger partial charge in [0.15, 0.2) is 0 Å². The molecule has 1 heterocycles. The van der Waals surface area contributed by atoms with E-state index in [4.69, 9.17) is 9.47 Å². The molecular weight excluding hydrogens is 332 g/mol. The minimum absolute atomic E-state index is 0.0569. The van der Waals surface area contributed by atoms with Gasteiger partial charge < -0.3 is 19.3 Å². The van der Waals surface area contributed by atoms with Crippen LogP contribution in [-0.4, -0.2) is 62.5 Å². The summed E-state index contributed by atoms with van der Waals surface area (Å²) in [7, 11) is 5.03. The second-order valence-electron chi connectivity index (χ2n) is 7.07. The molecule has 1 fully saturated rings. The number of amides is 2. The van der Waals surface area contributed by atoms with Crippen LogP contribution in [0.5, 0.6) is 11.5 Å². The van der Waals surface area contributed by atoms with Crippen molar-refractivity contribution < 1.29 is 19.1 Å². The van der Waals surface area contributed by atoms with Crippen molar-refractivity contribution in [3.05, 3.63) is 23.8 Å². The minimum Gasteiger partial charge on any atom is -0.497 e. The number of likely N-dealkylation sites (tertiary alicyclic amines) is 1. The molecular formula is C20H30N2O4. The zero-order chi connectivity index (χ0) is 19.4. The number of rotatable bonds is 6. The van der Waals surface area contributed by atoms with Crippen molar-refractivity contribution in [3.63, 3.8) is 0 Å². The second kappa shape index (κ2) is 8.43. The number of methoxy groups -OCH3 is 2. The van der Waals surface area contributed by atoms with Gasteiger partial charge in [-0.2, -0.15) is 0 Å². The van der Waals surface area contributed by atoms with Gasteiger partial charge in [-0.3, -0.25) is 9.59 Å². The van der Waals surface area contributed by atoms with Gasteiger partial charge in [-0.25, -0.2) is 0 Å². The van der Waals surface area contributed by atoms with Gasteiger partial charge in [0.1, 0.15) is 11.5 Å². The molecule has 0 aromatic heterocycles. The van der Waals surface area contributed by atoms with Crippen molar-refractivity contribution in [2.24, 2.45) is 11.8 Å². The summed E-state index contributed by atoms with van der Waals surface area (Å²) in [6, 6.07) is 5.61. The number of hydrogen-bond acceptors (Lipinski definition) is 4. The molecule has 6 nitrogen and oxygen atoms in total. The average Bonchev–Trinajstić information content (AvgIpc) is 3.10. The molecule has 1 saturated heterocycles. The summed E-state index contributed by atoms with van der Waals surface area (Å²) in [5, 5.41) is 0. The molecule has 1 aromatic rings. The fraction of sp³-hybridized carbons (Fsp3) is 0.600. The lowest BCUT2D eigenvalue weighted by Gasteiger charge is -2.24. The Labute approximate surface area is 156 Å². The van der Waals surface area contributed by atoms with Crippen LogP contribution in [0.25, 0.3) is 0 Å². The monoisotopic (exact) mass is 362 g/mol. The number of carbonyl (C=O) groups is 2. The lowest BCUT2D eigenvalue weighted by Crippen LogP contribution is -2.37. The third-order valence-electron chi connectivity index (χ3n) is 5.13. The second-order valence-corrected chi connectivity index (χ2v) is 7.07. The van der Waals surface area contributed by atoms with E-state index in [9.17, 15) is 9.59 Å². The molecule has 144 valence electrons. The maximum Gasteiger partial charge on any atom is 0.227 e. The molecule has 1 aliphatic rings. The first-order valence-electron chi connectivity index (χ1n) is 9.09. The van der Waals surface area contributed by atoms with Crippen LogP contribution in [0.4, 0.5) is 0 Å². The summed E-state index contributed by atoms with van der Waals surface area (Å²) in [6.07, 6.45) is 0. The fourth-order valence-electron chi connectivity index (χ4n) is 3.48. The molecule has 0 N–H and O–H groups in total. The SMILES string of the molecule is CCN(C)C(=O)C1CN(C(=O)C(C)C)CC1c1cc(OC)ccc1OC. The van der Waals surface area contributed by atoms with Crippen molar-refractivity contribution in [2.75, 3.05) is 40.9 Å². The van der Waals surface area contributed by atoms with E-state index in [1.807, 2.05) is 39.0 Å². The Morgan fingerprint density at radius 2 is 1.92 bits per heavy atom. The Morgan fingerprint density at radius 3 is 2.46 bits per heavy atom. The predicted molar refractivity (Wildman–Crippen MR) is 101 cm³/mol. The molecule has 26 heavy (non-hydrogen) atoms. The summed E-state index contributed by atoms with van der Waals surface area (Å²) in [5.74, 6) is 1.05. The summed E-state index contributed by atoms with van der Waals surface area (Å²) in [5.41, 5.74) is 0.911. The molecule has 0 radical (unpaired) electrons. The van der Waals surface area contributed by atoms with E-state index < -0.39 is 0 Å². The maximum absolute atomic E-state index is 13.0. The van der Waals surface area contributed by atoms with Gasteiger partial charge in [0.2, 0.25) is 11.8 Å². The zero-order valence-corrected chi connectivity index (χ0v) is 16.6. The molecule has 1 aliphatic heterocycles. The van der Waals surface area contributed by atoms with Gasteiger partial charge in [-0.1, -0.05) is 13.8 Å². The Kier molecular flexibility index (Phi) is 6.51. The molecule has 0 spiro atoms. The summed E-state index contributed by atoms with van der Waals surface area (Å²) in [6.45, 7) is 7.30.